The van der Waals surface area contributed by atoms with Crippen molar-refractivity contribution >= 4 is 0 Å². The average molecular weight is 237 g/mol. The Morgan fingerprint density at radius 1 is 1.28 bits per heavy atom. The molecular weight excluding hydrogens is 226 g/mol. The molecule has 0 unspecified atom stereocenters. The van der Waals surface area contributed by atoms with E-state index < -0.39 is 0 Å². The highest BCUT2D eigenvalue weighted by Gasteiger charge is 1.97. The van der Waals surface area contributed by atoms with Gasteiger partial charge in [-0.1, -0.05) is 29.1 Å². The average Bonchev–Trinajstić information content (AvgIpc) is 2.93. The van der Waals surface area contributed by atoms with Crippen molar-refractivity contribution in [2.24, 2.45) is 5.11 Å². The molecule has 0 aliphatic heterocycles. The standard InChI is InChI=1S/C13H11N5/c14-18-16-9-2-1-3-11-4-6-12(7-5-11)13-8-10-15-17-13/h4-8,10H,2,9H2,(H,15,17). The first-order valence-corrected chi connectivity index (χ1v) is 5.49. The van der Waals surface area contributed by atoms with Crippen LogP contribution in [0.3, 0.4) is 0 Å². The Morgan fingerprint density at radius 2 is 2.11 bits per heavy atom. The van der Waals surface area contributed by atoms with Crippen LogP contribution in [-0.4, -0.2) is 16.7 Å². The Balaban J connectivity index is 2.02. The lowest BCUT2D eigenvalue weighted by atomic mass is 10.1. The van der Waals surface area contributed by atoms with Crippen LogP contribution in [0.2, 0.25) is 0 Å². The summed E-state index contributed by atoms with van der Waals surface area (Å²) in [5.41, 5.74) is 11.1. The highest BCUT2D eigenvalue weighted by atomic mass is 15.1. The van der Waals surface area contributed by atoms with Crippen LogP contribution in [-0.2, 0) is 0 Å². The van der Waals surface area contributed by atoms with Crippen molar-refractivity contribution in [1.82, 2.24) is 10.2 Å². The SMILES string of the molecule is [N-]=[N+]=NCCC#Cc1ccc(-c2ccn[nH]2)cc1. The monoisotopic (exact) mass is 237 g/mol. The Kier molecular flexibility index (Phi) is 4.02. The first-order chi connectivity index (χ1) is 8.90. The van der Waals surface area contributed by atoms with Gasteiger partial charge in [0.2, 0.25) is 0 Å². The van der Waals surface area contributed by atoms with E-state index in [1.54, 1.807) is 6.20 Å². The van der Waals surface area contributed by atoms with Crippen molar-refractivity contribution in [3.63, 3.8) is 0 Å². The van der Waals surface area contributed by atoms with E-state index in [0.717, 1.165) is 16.8 Å². The van der Waals surface area contributed by atoms with Gasteiger partial charge in [0.25, 0.3) is 0 Å². The number of aromatic amines is 1. The highest BCUT2D eigenvalue weighted by Crippen LogP contribution is 2.16. The van der Waals surface area contributed by atoms with Crippen molar-refractivity contribution in [3.8, 4) is 23.1 Å². The molecule has 0 radical (unpaired) electrons. The molecule has 5 nitrogen and oxygen atoms in total. The van der Waals surface area contributed by atoms with Crippen LogP contribution in [0.5, 0.6) is 0 Å². The van der Waals surface area contributed by atoms with Gasteiger partial charge in [0.15, 0.2) is 0 Å². The minimum atomic E-state index is 0.412. The van der Waals surface area contributed by atoms with Crippen molar-refractivity contribution in [3.05, 3.63) is 52.5 Å². The van der Waals surface area contributed by atoms with E-state index in [1.165, 1.54) is 0 Å². The molecule has 0 aliphatic carbocycles. The second-order valence-corrected chi connectivity index (χ2v) is 3.55. The van der Waals surface area contributed by atoms with Gasteiger partial charge in [-0.05, 0) is 29.3 Å². The van der Waals surface area contributed by atoms with Crippen molar-refractivity contribution in [1.29, 1.82) is 0 Å². The molecule has 1 N–H and O–H groups in total. The summed E-state index contributed by atoms with van der Waals surface area (Å²) in [7, 11) is 0. The van der Waals surface area contributed by atoms with Gasteiger partial charge in [0, 0.05) is 29.6 Å². The maximum Gasteiger partial charge on any atom is 0.0650 e. The molecule has 0 bridgehead atoms. The lowest BCUT2D eigenvalue weighted by molar-refractivity contribution is 1.01. The molecule has 88 valence electrons. The number of rotatable bonds is 3. The number of hydrogen-bond acceptors (Lipinski definition) is 2. The zero-order valence-corrected chi connectivity index (χ0v) is 9.67. The Hall–Kier alpha value is -2.70. The van der Waals surface area contributed by atoms with Crippen molar-refractivity contribution in [2.45, 2.75) is 6.42 Å². The molecule has 0 atom stereocenters. The predicted octanol–water partition coefficient (Wildman–Crippen LogP) is 3.13. The lowest BCUT2D eigenvalue weighted by Gasteiger charge is -1.96. The topological polar surface area (TPSA) is 77.4 Å². The summed E-state index contributed by atoms with van der Waals surface area (Å²) in [4.78, 5) is 2.67. The fourth-order valence-electron chi connectivity index (χ4n) is 1.46. The number of nitrogens with zero attached hydrogens (tertiary/aromatic N) is 4. The molecule has 0 spiro atoms. The summed E-state index contributed by atoms with van der Waals surface area (Å²) >= 11 is 0. The molecule has 1 aromatic heterocycles. The number of aromatic nitrogens is 2. The van der Waals surface area contributed by atoms with Crippen LogP contribution in [0.1, 0.15) is 12.0 Å². The third kappa shape index (κ3) is 3.14. The van der Waals surface area contributed by atoms with Crippen LogP contribution in [0.15, 0.2) is 41.6 Å². The molecule has 1 heterocycles. The first kappa shape index (κ1) is 11.8. The maximum atomic E-state index is 8.11. The number of azide groups is 1. The van der Waals surface area contributed by atoms with Crippen molar-refractivity contribution < 1.29 is 0 Å². The van der Waals surface area contributed by atoms with Gasteiger partial charge in [-0.2, -0.15) is 5.10 Å². The smallest absolute Gasteiger partial charge is 0.0650 e. The molecule has 0 amide bonds. The van der Waals surface area contributed by atoms with E-state index in [4.69, 9.17) is 5.53 Å². The zero-order valence-electron chi connectivity index (χ0n) is 9.67. The Morgan fingerprint density at radius 3 is 2.78 bits per heavy atom. The summed E-state index contributed by atoms with van der Waals surface area (Å²) in [6.45, 7) is 0.412. The summed E-state index contributed by atoms with van der Waals surface area (Å²) in [5.74, 6) is 5.97. The normalized spacial score (nSPS) is 9.11. The quantitative estimate of drug-likeness (QED) is 0.287. The van der Waals surface area contributed by atoms with Gasteiger partial charge in [0.05, 0.1) is 5.69 Å². The molecule has 2 rings (SSSR count). The number of H-pyrrole nitrogens is 1. The predicted molar refractivity (Wildman–Crippen MR) is 69.5 cm³/mol. The third-order valence-corrected chi connectivity index (χ3v) is 2.33. The minimum Gasteiger partial charge on any atom is -0.278 e. The second kappa shape index (κ2) is 6.14. The van der Waals surface area contributed by atoms with E-state index >= 15 is 0 Å². The third-order valence-electron chi connectivity index (χ3n) is 2.33. The summed E-state index contributed by atoms with van der Waals surface area (Å²) in [6, 6.07) is 9.81. The van der Waals surface area contributed by atoms with Gasteiger partial charge in [0.1, 0.15) is 0 Å². The van der Waals surface area contributed by atoms with E-state index in [9.17, 15) is 0 Å². The highest BCUT2D eigenvalue weighted by molar-refractivity contribution is 5.59. The van der Waals surface area contributed by atoms with E-state index in [2.05, 4.69) is 32.1 Å². The summed E-state index contributed by atoms with van der Waals surface area (Å²) in [6.07, 6.45) is 2.30. The van der Waals surface area contributed by atoms with Crippen molar-refractivity contribution in [2.75, 3.05) is 6.54 Å². The van der Waals surface area contributed by atoms with Gasteiger partial charge in [-0.3, -0.25) is 5.10 Å². The molecule has 0 saturated carbocycles. The van der Waals surface area contributed by atoms with E-state index in [-0.39, 0.29) is 0 Å². The zero-order chi connectivity index (χ0) is 12.6. The summed E-state index contributed by atoms with van der Waals surface area (Å²) < 4.78 is 0. The number of hydrogen-bond donors (Lipinski definition) is 1. The number of nitrogens with one attached hydrogen (secondary N) is 1. The van der Waals surface area contributed by atoms with Gasteiger partial charge < -0.3 is 0 Å². The molecule has 5 heteroatoms. The largest absolute Gasteiger partial charge is 0.278 e. The van der Waals surface area contributed by atoms with Crippen LogP contribution in [0, 0.1) is 11.8 Å². The Labute approximate surface area is 104 Å². The molecule has 18 heavy (non-hydrogen) atoms. The molecule has 0 fully saturated rings. The van der Waals surface area contributed by atoms with Crippen LogP contribution >= 0.6 is 0 Å². The molecule has 2 aromatic rings. The fourth-order valence-corrected chi connectivity index (χ4v) is 1.46. The minimum absolute atomic E-state index is 0.412. The number of benzene rings is 1. The molecule has 1 aromatic carbocycles. The van der Waals surface area contributed by atoms with E-state index in [1.807, 2.05) is 30.3 Å². The van der Waals surface area contributed by atoms with E-state index in [0.29, 0.717) is 13.0 Å². The molecular formula is C13H11N5. The molecule has 0 saturated heterocycles. The second-order valence-electron chi connectivity index (χ2n) is 3.55. The fraction of sp³-hybridized carbons (Fsp3) is 0.154. The van der Waals surface area contributed by atoms with Crippen LogP contribution in [0.25, 0.3) is 21.7 Å². The van der Waals surface area contributed by atoms with Crippen LogP contribution in [0.4, 0.5) is 0 Å². The van der Waals surface area contributed by atoms with Gasteiger partial charge >= 0.3 is 0 Å². The maximum absolute atomic E-state index is 8.11. The lowest BCUT2D eigenvalue weighted by Crippen LogP contribution is -1.80. The first-order valence-electron chi connectivity index (χ1n) is 5.49. The molecule has 0 aliphatic rings. The van der Waals surface area contributed by atoms with Gasteiger partial charge in [-0.25, -0.2) is 0 Å². The van der Waals surface area contributed by atoms with Gasteiger partial charge in [-0.15, -0.1) is 0 Å². The Bertz CT molecular complexity index is 595. The summed E-state index contributed by atoms with van der Waals surface area (Å²) in [5, 5.41) is 10.2. The van der Waals surface area contributed by atoms with Crippen LogP contribution < -0.4 is 0 Å².